The Morgan fingerprint density at radius 3 is 2.86 bits per heavy atom. The van der Waals surface area contributed by atoms with Crippen LogP contribution in [0.2, 0.25) is 0 Å². The van der Waals surface area contributed by atoms with Crippen LogP contribution in [0, 0.1) is 0 Å². The third-order valence-corrected chi connectivity index (χ3v) is 2.37. The Labute approximate surface area is 84.1 Å². The van der Waals surface area contributed by atoms with Gasteiger partial charge in [-0.2, -0.15) is 0 Å². The molecule has 0 aliphatic heterocycles. The Hall–Kier alpha value is -1.70. The molecule has 0 spiro atoms. The third kappa shape index (κ3) is 0.910. The zero-order chi connectivity index (χ0) is 10.4. The first kappa shape index (κ1) is 6.71. The highest BCUT2D eigenvalue weighted by Gasteiger charge is 2.06. The number of furan rings is 1. The van der Waals surface area contributed by atoms with Gasteiger partial charge in [-0.25, -0.2) is 0 Å². The fourth-order valence-electron chi connectivity index (χ4n) is 1.74. The second-order valence-corrected chi connectivity index (χ2v) is 3.24. The minimum absolute atomic E-state index is 0.466. The van der Waals surface area contributed by atoms with Crippen LogP contribution in [0.4, 0.5) is 0 Å². The van der Waals surface area contributed by atoms with Gasteiger partial charge in [-0.05, 0) is 12.1 Å². The average molecular weight is 179 g/mol. The Kier molecular flexibility index (Phi) is 1.27. The number of benzene rings is 2. The molecule has 0 aliphatic carbocycles. The van der Waals surface area contributed by atoms with Gasteiger partial charge in [0.05, 0.1) is 1.37 Å². The molecule has 0 amide bonds. The van der Waals surface area contributed by atoms with Crippen molar-refractivity contribution in [1.82, 2.24) is 0 Å². The highest BCUT2D eigenvalue weighted by Crippen LogP contribution is 2.26. The van der Waals surface area contributed by atoms with Crippen LogP contribution in [0.5, 0.6) is 0 Å². The molecule has 0 atom stereocenters. The summed E-state index contributed by atoms with van der Waals surface area (Å²) < 4.78 is 13.2. The van der Waals surface area contributed by atoms with Crippen LogP contribution in [0.3, 0.4) is 0 Å². The molecular formula is C12H7BO. The number of hydrogen-bond acceptors (Lipinski definition) is 1. The molecule has 1 aromatic heterocycles. The van der Waals surface area contributed by atoms with Crippen LogP contribution in [-0.2, 0) is 0 Å². The van der Waals surface area contributed by atoms with Crippen molar-refractivity contribution in [2.75, 3.05) is 0 Å². The molecule has 14 heavy (non-hydrogen) atoms. The Balaban J connectivity index is 2.61. The van der Waals surface area contributed by atoms with Crippen LogP contribution >= 0.6 is 0 Å². The maximum atomic E-state index is 7.58. The summed E-state index contributed by atoms with van der Waals surface area (Å²) in [6.07, 6.45) is 0. The smallest absolute Gasteiger partial charge is 0.135 e. The van der Waals surface area contributed by atoms with Crippen molar-refractivity contribution >= 4 is 35.2 Å². The van der Waals surface area contributed by atoms with Gasteiger partial charge in [0.2, 0.25) is 0 Å². The van der Waals surface area contributed by atoms with Gasteiger partial charge in [-0.15, -0.1) is 0 Å². The van der Waals surface area contributed by atoms with Crippen molar-refractivity contribution < 1.29 is 5.79 Å². The molecule has 0 saturated carbocycles. The molecule has 3 aromatic rings. The van der Waals surface area contributed by atoms with E-state index in [4.69, 9.17) is 13.6 Å². The van der Waals surface area contributed by atoms with Crippen molar-refractivity contribution in [3.8, 4) is 0 Å². The van der Waals surface area contributed by atoms with Crippen LogP contribution in [0.1, 0.15) is 1.37 Å². The van der Waals surface area contributed by atoms with Crippen molar-refractivity contribution in [2.45, 2.75) is 0 Å². The zero-order valence-electron chi connectivity index (χ0n) is 8.45. The Morgan fingerprint density at radius 2 is 1.93 bits per heavy atom. The molecule has 0 saturated heterocycles. The van der Waals surface area contributed by atoms with E-state index in [0.29, 0.717) is 11.5 Å². The van der Waals surface area contributed by atoms with Gasteiger partial charge in [0, 0.05) is 10.8 Å². The molecule has 64 valence electrons. The summed E-state index contributed by atoms with van der Waals surface area (Å²) in [6.45, 7) is 0. The number of para-hydroxylation sites is 1. The van der Waals surface area contributed by atoms with Crippen molar-refractivity contribution in [3.63, 3.8) is 0 Å². The lowest BCUT2D eigenvalue weighted by molar-refractivity contribution is 0.669. The van der Waals surface area contributed by atoms with Crippen molar-refractivity contribution in [2.24, 2.45) is 0 Å². The third-order valence-electron chi connectivity index (χ3n) is 2.37. The monoisotopic (exact) mass is 179 g/mol. The minimum Gasteiger partial charge on any atom is -0.456 e. The lowest BCUT2D eigenvalue weighted by Crippen LogP contribution is -2.00. The highest BCUT2D eigenvalue weighted by atomic mass is 16.3. The van der Waals surface area contributed by atoms with Gasteiger partial charge < -0.3 is 4.42 Å². The summed E-state index contributed by atoms with van der Waals surface area (Å²) in [5.74, 6) is 0. The average Bonchev–Trinajstić information content (AvgIpc) is 2.57. The van der Waals surface area contributed by atoms with Crippen LogP contribution in [0.25, 0.3) is 21.9 Å². The highest BCUT2D eigenvalue weighted by molar-refractivity contribution is 6.41. The maximum absolute atomic E-state index is 7.58. The topological polar surface area (TPSA) is 13.1 Å². The predicted molar refractivity (Wildman–Crippen MR) is 59.1 cm³/mol. The van der Waals surface area contributed by atoms with Gasteiger partial charge >= 0.3 is 0 Å². The van der Waals surface area contributed by atoms with Crippen LogP contribution < -0.4 is 5.46 Å². The van der Waals surface area contributed by atoms with Gasteiger partial charge in [0.15, 0.2) is 0 Å². The first-order chi connectivity index (χ1) is 7.25. The molecule has 0 unspecified atom stereocenters. The van der Waals surface area contributed by atoms with Crippen LogP contribution in [0.15, 0.2) is 46.9 Å². The molecule has 2 aromatic carbocycles. The van der Waals surface area contributed by atoms with E-state index in [9.17, 15) is 0 Å². The van der Waals surface area contributed by atoms with Gasteiger partial charge in [-0.3, -0.25) is 0 Å². The van der Waals surface area contributed by atoms with Crippen molar-refractivity contribution in [1.29, 1.82) is 0 Å². The second-order valence-electron chi connectivity index (χ2n) is 3.24. The van der Waals surface area contributed by atoms with E-state index in [1.165, 1.54) is 0 Å². The van der Waals surface area contributed by atoms with Gasteiger partial charge in [-0.1, -0.05) is 35.8 Å². The van der Waals surface area contributed by atoms with E-state index in [-0.39, 0.29) is 0 Å². The van der Waals surface area contributed by atoms with Gasteiger partial charge in [0.1, 0.15) is 19.0 Å². The summed E-state index contributed by atoms with van der Waals surface area (Å²) in [5, 5.41) is 1.82. The summed E-state index contributed by atoms with van der Waals surface area (Å²) in [4.78, 5) is 0. The van der Waals surface area contributed by atoms with Crippen LogP contribution in [-0.4, -0.2) is 7.85 Å². The fraction of sp³-hybridized carbons (Fsp3) is 0. The first-order valence-electron chi connectivity index (χ1n) is 4.93. The van der Waals surface area contributed by atoms with E-state index in [1.807, 2.05) is 18.2 Å². The molecule has 2 radical (unpaired) electrons. The zero-order valence-corrected chi connectivity index (χ0v) is 7.45. The molecule has 0 N–H and O–H groups in total. The Morgan fingerprint density at radius 1 is 1.07 bits per heavy atom. The molecule has 0 aliphatic rings. The first-order valence-corrected chi connectivity index (χ1v) is 4.43. The molecular weight excluding hydrogens is 171 g/mol. The summed E-state index contributed by atoms with van der Waals surface area (Å²) in [7, 11) is 5.90. The molecule has 0 bridgehead atoms. The minimum atomic E-state index is 0.466. The number of rotatable bonds is 0. The second kappa shape index (κ2) is 2.64. The SMILES string of the molecule is [2H]c1ccc2oc3cccc([B])c3c2c1. The van der Waals surface area contributed by atoms with E-state index < -0.39 is 0 Å². The molecule has 1 nitrogen and oxygen atoms in total. The standard InChI is InChI=1S/C12H7BO/c13-9-5-3-7-11-12(9)8-4-1-2-6-10(8)14-11/h1-7H/i1D. The van der Waals surface area contributed by atoms with E-state index in [0.717, 1.165) is 21.9 Å². The normalized spacial score (nSPS) is 12.1. The number of hydrogen-bond donors (Lipinski definition) is 0. The summed E-state index contributed by atoms with van der Waals surface area (Å²) in [6, 6.07) is 11.3. The summed E-state index contributed by atoms with van der Waals surface area (Å²) >= 11 is 0. The largest absolute Gasteiger partial charge is 0.456 e. The number of fused-ring (bicyclic) bond motifs is 3. The van der Waals surface area contributed by atoms with E-state index in [2.05, 4.69) is 0 Å². The van der Waals surface area contributed by atoms with E-state index >= 15 is 0 Å². The fourth-order valence-corrected chi connectivity index (χ4v) is 1.74. The maximum Gasteiger partial charge on any atom is 0.135 e. The van der Waals surface area contributed by atoms with Gasteiger partial charge in [0.25, 0.3) is 0 Å². The van der Waals surface area contributed by atoms with Crippen molar-refractivity contribution in [3.05, 3.63) is 42.4 Å². The lowest BCUT2D eigenvalue weighted by atomic mass is 9.91. The van der Waals surface area contributed by atoms with E-state index in [1.54, 1.807) is 18.2 Å². The molecule has 2 heteroatoms. The summed E-state index contributed by atoms with van der Waals surface area (Å²) in [5.41, 5.74) is 2.24. The molecule has 1 heterocycles. The predicted octanol–water partition coefficient (Wildman–Crippen LogP) is 2.38. The lowest BCUT2D eigenvalue weighted by Gasteiger charge is -1.93. The quantitative estimate of drug-likeness (QED) is 0.483. The molecule has 3 rings (SSSR count). The molecule has 0 fully saturated rings. The Bertz CT molecular complexity index is 657.